The van der Waals surface area contributed by atoms with Gasteiger partial charge in [0.2, 0.25) is 0 Å². The van der Waals surface area contributed by atoms with E-state index in [1.807, 2.05) is 0 Å². The van der Waals surface area contributed by atoms with Crippen LogP contribution in [0.5, 0.6) is 5.75 Å². The number of carbonyl (C=O) groups is 2. The second-order valence-electron chi connectivity index (χ2n) is 3.48. The van der Waals surface area contributed by atoms with Crippen LogP contribution in [-0.2, 0) is 9.59 Å². The number of phenols is 1. The normalized spacial score (nSPS) is 10.1. The van der Waals surface area contributed by atoms with Gasteiger partial charge >= 0.3 is 122 Å². The number of phenolic OH excluding ortho intramolecular Hbond substituents is 1. The Morgan fingerprint density at radius 1 is 1.15 bits per heavy atom. The van der Waals surface area contributed by atoms with Crippen LogP contribution >= 0.6 is 32.5 Å². The number of nitrogens with two attached hydrogens (primary N) is 3. The van der Waals surface area contributed by atoms with E-state index in [4.69, 9.17) is 17.2 Å². The van der Waals surface area contributed by atoms with Crippen molar-refractivity contribution in [2.24, 2.45) is 11.5 Å². The van der Waals surface area contributed by atoms with Gasteiger partial charge < -0.3 is 0 Å². The summed E-state index contributed by atoms with van der Waals surface area (Å²) in [7, 11) is 2.86. The van der Waals surface area contributed by atoms with Crippen molar-refractivity contribution >= 4 is 66.6 Å². The van der Waals surface area contributed by atoms with Gasteiger partial charge in [-0.3, -0.25) is 0 Å². The second-order valence-corrected chi connectivity index (χ2v) is 15.0. The van der Waals surface area contributed by atoms with E-state index in [0.717, 1.165) is 4.35 Å². The molecule has 0 bridgehead atoms. The Balaban J connectivity index is 0.00000361. The van der Waals surface area contributed by atoms with Crippen molar-refractivity contribution in [2.45, 2.75) is 0 Å². The summed E-state index contributed by atoms with van der Waals surface area (Å²) in [6.45, 7) is 0. The Morgan fingerprint density at radius 2 is 1.65 bits per heavy atom. The quantitative estimate of drug-likeness (QED) is 0.278. The van der Waals surface area contributed by atoms with Crippen molar-refractivity contribution in [1.82, 2.24) is 0 Å². The summed E-state index contributed by atoms with van der Waals surface area (Å²) < 4.78 is 0.931. The third-order valence-corrected chi connectivity index (χ3v) is 14.7. The van der Waals surface area contributed by atoms with Crippen molar-refractivity contribution in [3.8, 4) is 5.75 Å². The SMILES string of the molecule is Cl.NC(=O)CS[As](SCC(N)=O)c1ccc(O)c(N)c1. The summed E-state index contributed by atoms with van der Waals surface area (Å²) in [5.41, 5.74) is 16.2. The monoisotopic (exact) mass is 399 g/mol. The van der Waals surface area contributed by atoms with Gasteiger partial charge in [-0.05, 0) is 0 Å². The molecule has 1 rings (SSSR count). The molecule has 0 saturated heterocycles. The van der Waals surface area contributed by atoms with E-state index in [9.17, 15) is 14.7 Å². The second kappa shape index (κ2) is 9.28. The predicted octanol–water partition coefficient (Wildman–Crippen LogP) is -0.472. The molecule has 6 nitrogen and oxygen atoms in total. The zero-order valence-corrected chi connectivity index (χ0v) is 14.6. The van der Waals surface area contributed by atoms with Gasteiger partial charge in [0.05, 0.1) is 0 Å². The molecule has 0 fully saturated rings. The van der Waals surface area contributed by atoms with Crippen molar-refractivity contribution in [2.75, 3.05) is 17.2 Å². The van der Waals surface area contributed by atoms with Crippen LogP contribution < -0.4 is 21.6 Å². The average Bonchev–Trinajstić information content (AvgIpc) is 2.32. The fourth-order valence-corrected chi connectivity index (χ4v) is 12.3. The van der Waals surface area contributed by atoms with E-state index in [-0.39, 0.29) is 35.3 Å². The first-order valence-corrected chi connectivity index (χ1v) is 12.5. The summed E-state index contributed by atoms with van der Waals surface area (Å²) in [4.78, 5) is 21.7. The Kier molecular flexibility index (Phi) is 8.96. The number of halogens is 1. The summed E-state index contributed by atoms with van der Waals surface area (Å²) >= 11 is -1.79. The van der Waals surface area contributed by atoms with Gasteiger partial charge in [-0.2, -0.15) is 0 Å². The first kappa shape index (κ1) is 19.3. The number of aromatic hydroxyl groups is 1. The van der Waals surface area contributed by atoms with Crippen LogP contribution in [0.2, 0.25) is 0 Å². The van der Waals surface area contributed by atoms with Crippen molar-refractivity contribution < 1.29 is 14.7 Å². The molecule has 0 aliphatic carbocycles. The maximum absolute atomic E-state index is 10.9. The zero-order valence-electron chi connectivity index (χ0n) is 10.3. The number of anilines is 1. The molecule has 7 N–H and O–H groups in total. The van der Waals surface area contributed by atoms with Crippen LogP contribution in [0.1, 0.15) is 0 Å². The molecular formula is C10H15AsClN3O3S2. The molecule has 0 saturated carbocycles. The number of nitrogen functional groups attached to an aromatic ring is 1. The van der Waals surface area contributed by atoms with Gasteiger partial charge in [0, 0.05) is 0 Å². The maximum atomic E-state index is 10.9. The molecule has 0 heterocycles. The molecule has 0 radical (unpaired) electrons. The van der Waals surface area contributed by atoms with E-state index >= 15 is 0 Å². The number of hydrogen-bond donors (Lipinski definition) is 4. The van der Waals surface area contributed by atoms with Crippen LogP contribution in [0.4, 0.5) is 5.69 Å². The Hall–Kier alpha value is -0.692. The molecule has 2 amide bonds. The zero-order chi connectivity index (χ0) is 14.4. The van der Waals surface area contributed by atoms with Crippen LogP contribution in [0.25, 0.3) is 0 Å². The molecule has 1 aromatic rings. The number of carbonyl (C=O) groups excluding carboxylic acids is 2. The van der Waals surface area contributed by atoms with E-state index < -0.39 is 24.2 Å². The van der Waals surface area contributed by atoms with Crippen LogP contribution in [0, 0.1) is 0 Å². The number of benzene rings is 1. The number of primary amides is 2. The van der Waals surface area contributed by atoms with Gasteiger partial charge in [-0.1, -0.05) is 0 Å². The van der Waals surface area contributed by atoms with Crippen LogP contribution in [-0.4, -0.2) is 40.8 Å². The molecule has 0 aromatic heterocycles. The number of hydrogen-bond acceptors (Lipinski definition) is 6. The summed E-state index contributed by atoms with van der Waals surface area (Å²) in [5, 5.41) is 9.39. The van der Waals surface area contributed by atoms with E-state index in [1.165, 1.54) is 26.1 Å². The molecule has 0 aliphatic heterocycles. The minimum absolute atomic E-state index is 0. The third kappa shape index (κ3) is 6.65. The van der Waals surface area contributed by atoms with Crippen LogP contribution in [0.15, 0.2) is 18.2 Å². The third-order valence-electron chi connectivity index (χ3n) is 1.87. The van der Waals surface area contributed by atoms with E-state index in [1.54, 1.807) is 12.1 Å². The van der Waals surface area contributed by atoms with Gasteiger partial charge in [-0.25, -0.2) is 0 Å². The van der Waals surface area contributed by atoms with E-state index in [0.29, 0.717) is 0 Å². The van der Waals surface area contributed by atoms with Crippen LogP contribution in [0.3, 0.4) is 0 Å². The van der Waals surface area contributed by atoms with Gasteiger partial charge in [0.15, 0.2) is 0 Å². The van der Waals surface area contributed by atoms with Crippen molar-refractivity contribution in [3.05, 3.63) is 18.2 Å². The molecule has 0 unspecified atom stereocenters. The topological polar surface area (TPSA) is 132 Å². The van der Waals surface area contributed by atoms with Gasteiger partial charge in [-0.15, -0.1) is 12.4 Å². The first-order valence-electron chi connectivity index (χ1n) is 5.11. The predicted molar refractivity (Wildman–Crippen MR) is 88.5 cm³/mol. The summed E-state index contributed by atoms with van der Waals surface area (Å²) in [6.07, 6.45) is 0. The summed E-state index contributed by atoms with van der Waals surface area (Å²) in [5.74, 6) is -0.428. The Bertz CT molecular complexity index is 475. The standard InChI is InChI=1S/C10H14AsN3O3S2.ClH/c12-7-3-6(1-2-8(7)15)11(18-4-9(13)16)19-5-10(14)17;/h1-3,15H,4-5,12H2,(H2,13,16)(H2,14,17);1H. The molecule has 0 atom stereocenters. The fourth-order valence-electron chi connectivity index (χ4n) is 1.09. The van der Waals surface area contributed by atoms with Crippen molar-refractivity contribution in [3.63, 3.8) is 0 Å². The molecule has 10 heteroatoms. The van der Waals surface area contributed by atoms with Gasteiger partial charge in [0.25, 0.3) is 0 Å². The van der Waals surface area contributed by atoms with Crippen molar-refractivity contribution in [1.29, 1.82) is 0 Å². The number of amides is 2. The molecule has 20 heavy (non-hydrogen) atoms. The minimum atomic E-state index is -1.79. The molecule has 1 aromatic carbocycles. The fraction of sp³-hybridized carbons (Fsp3) is 0.200. The number of rotatable bonds is 7. The molecule has 112 valence electrons. The van der Waals surface area contributed by atoms with Gasteiger partial charge in [0.1, 0.15) is 0 Å². The van der Waals surface area contributed by atoms with E-state index in [2.05, 4.69) is 0 Å². The average molecular weight is 400 g/mol. The Labute approximate surface area is 133 Å². The molecule has 0 spiro atoms. The first-order chi connectivity index (χ1) is 8.90. The molecule has 0 aliphatic rings. The molecular weight excluding hydrogens is 385 g/mol. The Morgan fingerprint density at radius 3 is 2.05 bits per heavy atom. The summed E-state index contributed by atoms with van der Waals surface area (Å²) in [6, 6.07) is 4.91.